The molecular formula is C11H11F2N. The first-order valence-electron chi connectivity index (χ1n) is 4.41. The molecule has 0 saturated heterocycles. The summed E-state index contributed by atoms with van der Waals surface area (Å²) >= 11 is 0. The summed E-state index contributed by atoms with van der Waals surface area (Å²) < 4.78 is 26.3. The van der Waals surface area contributed by atoms with Gasteiger partial charge in [0.1, 0.15) is 11.6 Å². The van der Waals surface area contributed by atoms with Gasteiger partial charge in [-0.2, -0.15) is 5.26 Å². The molecular weight excluding hydrogens is 184 g/mol. The average molecular weight is 195 g/mol. The lowest BCUT2D eigenvalue weighted by atomic mass is 9.99. The monoisotopic (exact) mass is 195 g/mol. The number of nitriles is 1. The number of hydrogen-bond acceptors (Lipinski definition) is 1. The molecule has 3 heteroatoms. The number of halogens is 2. The van der Waals surface area contributed by atoms with Gasteiger partial charge in [-0.3, -0.25) is 0 Å². The second-order valence-electron chi connectivity index (χ2n) is 3.45. The van der Waals surface area contributed by atoms with Crippen LogP contribution in [0.2, 0.25) is 0 Å². The Hall–Kier alpha value is -1.43. The van der Waals surface area contributed by atoms with Crippen molar-refractivity contribution < 1.29 is 8.78 Å². The van der Waals surface area contributed by atoms with Gasteiger partial charge in [0.15, 0.2) is 0 Å². The average Bonchev–Trinajstić information content (AvgIpc) is 2.09. The fraction of sp³-hybridized carbons (Fsp3) is 0.364. The summed E-state index contributed by atoms with van der Waals surface area (Å²) in [6.45, 7) is 3.65. The second-order valence-corrected chi connectivity index (χ2v) is 3.45. The van der Waals surface area contributed by atoms with Gasteiger partial charge < -0.3 is 0 Å². The Morgan fingerprint density at radius 3 is 2.43 bits per heavy atom. The van der Waals surface area contributed by atoms with Crippen molar-refractivity contribution >= 4 is 0 Å². The molecule has 0 fully saturated rings. The van der Waals surface area contributed by atoms with E-state index in [0.717, 1.165) is 6.07 Å². The van der Waals surface area contributed by atoms with E-state index in [2.05, 4.69) is 0 Å². The van der Waals surface area contributed by atoms with Crippen molar-refractivity contribution in [2.45, 2.75) is 26.2 Å². The Morgan fingerprint density at radius 2 is 1.93 bits per heavy atom. The standard InChI is InChI=1S/C11H11F2N/c1-7(2)9-5-8(3-4-14)10(12)6-11(9)13/h5-7H,3H2,1-2H3. The van der Waals surface area contributed by atoms with Crippen molar-refractivity contribution in [3.63, 3.8) is 0 Å². The fourth-order valence-corrected chi connectivity index (χ4v) is 1.28. The maximum absolute atomic E-state index is 13.2. The molecule has 0 spiro atoms. The first kappa shape index (κ1) is 10.6. The van der Waals surface area contributed by atoms with Crippen molar-refractivity contribution in [1.82, 2.24) is 0 Å². The highest BCUT2D eigenvalue weighted by Crippen LogP contribution is 2.22. The van der Waals surface area contributed by atoms with Crippen molar-refractivity contribution in [2.75, 3.05) is 0 Å². The van der Waals surface area contributed by atoms with Crippen LogP contribution in [0.1, 0.15) is 30.9 Å². The fourth-order valence-electron chi connectivity index (χ4n) is 1.28. The van der Waals surface area contributed by atoms with Gasteiger partial charge in [-0.05, 0) is 17.5 Å². The smallest absolute Gasteiger partial charge is 0.130 e. The molecule has 0 heterocycles. The lowest BCUT2D eigenvalue weighted by molar-refractivity contribution is 0.558. The number of rotatable bonds is 2. The summed E-state index contributed by atoms with van der Waals surface area (Å²) in [6, 6.07) is 4.13. The molecule has 0 N–H and O–H groups in total. The minimum absolute atomic E-state index is 0.00644. The number of hydrogen-bond donors (Lipinski definition) is 0. The summed E-state index contributed by atoms with van der Waals surface area (Å²) in [4.78, 5) is 0. The van der Waals surface area contributed by atoms with Gasteiger partial charge in [-0.1, -0.05) is 13.8 Å². The molecule has 1 aromatic rings. The molecule has 0 aliphatic rings. The molecule has 0 aliphatic carbocycles. The molecule has 0 bridgehead atoms. The zero-order valence-corrected chi connectivity index (χ0v) is 8.14. The first-order chi connectivity index (χ1) is 6.56. The summed E-state index contributed by atoms with van der Waals surface area (Å²) in [7, 11) is 0. The van der Waals surface area contributed by atoms with Crippen LogP contribution >= 0.6 is 0 Å². The highest BCUT2D eigenvalue weighted by Gasteiger charge is 2.11. The maximum Gasteiger partial charge on any atom is 0.130 e. The summed E-state index contributed by atoms with van der Waals surface area (Å²) in [5, 5.41) is 8.43. The highest BCUT2D eigenvalue weighted by molar-refractivity contribution is 5.30. The summed E-state index contributed by atoms with van der Waals surface area (Å²) in [5.41, 5.74) is 0.717. The predicted molar refractivity (Wildman–Crippen MR) is 49.8 cm³/mol. The van der Waals surface area contributed by atoms with Gasteiger partial charge in [0.05, 0.1) is 12.5 Å². The molecule has 0 amide bonds. The van der Waals surface area contributed by atoms with Crippen LogP contribution in [0.3, 0.4) is 0 Å². The van der Waals surface area contributed by atoms with Crippen LogP contribution in [0.15, 0.2) is 12.1 Å². The van der Waals surface area contributed by atoms with E-state index in [1.165, 1.54) is 6.07 Å². The van der Waals surface area contributed by atoms with E-state index in [4.69, 9.17) is 5.26 Å². The second kappa shape index (κ2) is 4.19. The van der Waals surface area contributed by atoms with Crippen molar-refractivity contribution in [3.05, 3.63) is 34.9 Å². The van der Waals surface area contributed by atoms with Crippen LogP contribution in [-0.4, -0.2) is 0 Å². The topological polar surface area (TPSA) is 23.8 Å². The largest absolute Gasteiger partial charge is 0.207 e. The summed E-state index contributed by atoms with van der Waals surface area (Å²) in [6.07, 6.45) is -0.0220. The van der Waals surface area contributed by atoms with Crippen LogP contribution in [0.4, 0.5) is 8.78 Å². The van der Waals surface area contributed by atoms with E-state index >= 15 is 0 Å². The zero-order valence-electron chi connectivity index (χ0n) is 8.14. The highest BCUT2D eigenvalue weighted by atomic mass is 19.1. The molecule has 0 radical (unpaired) electrons. The van der Waals surface area contributed by atoms with E-state index in [0.29, 0.717) is 5.56 Å². The van der Waals surface area contributed by atoms with Crippen LogP contribution in [0.25, 0.3) is 0 Å². The molecule has 74 valence electrons. The van der Waals surface area contributed by atoms with E-state index in [1.54, 1.807) is 0 Å². The minimum Gasteiger partial charge on any atom is -0.207 e. The van der Waals surface area contributed by atoms with Gasteiger partial charge >= 0.3 is 0 Å². The zero-order chi connectivity index (χ0) is 10.7. The molecule has 0 saturated carbocycles. The molecule has 14 heavy (non-hydrogen) atoms. The van der Waals surface area contributed by atoms with E-state index in [9.17, 15) is 8.78 Å². The van der Waals surface area contributed by atoms with E-state index in [-0.39, 0.29) is 17.9 Å². The van der Waals surface area contributed by atoms with E-state index < -0.39 is 11.6 Å². The third-order valence-corrected chi connectivity index (χ3v) is 2.06. The molecule has 1 rings (SSSR count). The third kappa shape index (κ3) is 2.08. The molecule has 1 aromatic carbocycles. The SMILES string of the molecule is CC(C)c1cc(CC#N)c(F)cc1F. The molecule has 0 unspecified atom stereocenters. The van der Waals surface area contributed by atoms with Crippen molar-refractivity contribution in [3.8, 4) is 6.07 Å². The van der Waals surface area contributed by atoms with Crippen molar-refractivity contribution in [1.29, 1.82) is 5.26 Å². The lowest BCUT2D eigenvalue weighted by Gasteiger charge is -2.09. The Kier molecular flexibility index (Phi) is 3.19. The minimum atomic E-state index is -0.645. The third-order valence-electron chi connectivity index (χ3n) is 2.06. The Morgan fingerprint density at radius 1 is 1.29 bits per heavy atom. The molecule has 0 aliphatic heterocycles. The van der Waals surface area contributed by atoms with Crippen molar-refractivity contribution in [2.24, 2.45) is 0 Å². The first-order valence-corrected chi connectivity index (χ1v) is 4.41. The van der Waals surface area contributed by atoms with Gasteiger partial charge in [-0.15, -0.1) is 0 Å². The maximum atomic E-state index is 13.2. The molecule has 1 nitrogen and oxygen atoms in total. The van der Waals surface area contributed by atoms with Crippen LogP contribution in [-0.2, 0) is 6.42 Å². The van der Waals surface area contributed by atoms with Crippen LogP contribution < -0.4 is 0 Å². The quantitative estimate of drug-likeness (QED) is 0.711. The van der Waals surface area contributed by atoms with E-state index in [1.807, 2.05) is 19.9 Å². The number of benzene rings is 1. The predicted octanol–water partition coefficient (Wildman–Crippen LogP) is 3.15. The summed E-state index contributed by atoms with van der Waals surface area (Å²) in [5.74, 6) is -1.19. The normalized spacial score (nSPS) is 10.3. The van der Waals surface area contributed by atoms with Gasteiger partial charge in [0.25, 0.3) is 0 Å². The van der Waals surface area contributed by atoms with Gasteiger partial charge in [0, 0.05) is 11.6 Å². The number of nitrogens with zero attached hydrogens (tertiary/aromatic N) is 1. The Balaban J connectivity index is 3.21. The molecule has 0 aromatic heterocycles. The Labute approximate surface area is 82.0 Å². The molecule has 0 atom stereocenters. The van der Waals surface area contributed by atoms with Gasteiger partial charge in [0.2, 0.25) is 0 Å². The lowest BCUT2D eigenvalue weighted by Crippen LogP contribution is -1.98. The van der Waals surface area contributed by atoms with Crippen LogP contribution in [0, 0.1) is 23.0 Å². The van der Waals surface area contributed by atoms with Crippen LogP contribution in [0.5, 0.6) is 0 Å². The van der Waals surface area contributed by atoms with Gasteiger partial charge in [-0.25, -0.2) is 8.78 Å². The Bertz CT molecular complexity index is 378.